The first-order chi connectivity index (χ1) is 38.0. The summed E-state index contributed by atoms with van der Waals surface area (Å²) in [4.78, 5) is 38.2. The van der Waals surface area contributed by atoms with E-state index in [-0.39, 0.29) is 31.1 Å². The molecule has 0 N–H and O–H groups in total. The number of carbonyl (C=O) groups is 3. The van der Waals surface area contributed by atoms with Crippen molar-refractivity contribution in [1.82, 2.24) is 0 Å². The van der Waals surface area contributed by atoms with Crippen LogP contribution in [0.1, 0.15) is 342 Å². The van der Waals surface area contributed by atoms with Crippen LogP contribution in [-0.2, 0) is 28.6 Å². The van der Waals surface area contributed by atoms with E-state index in [1.165, 1.54) is 199 Å². The smallest absolute Gasteiger partial charge is 0.306 e. The number of esters is 3. The van der Waals surface area contributed by atoms with E-state index in [1.54, 1.807) is 0 Å². The summed E-state index contributed by atoms with van der Waals surface area (Å²) >= 11 is 0. The van der Waals surface area contributed by atoms with Crippen molar-refractivity contribution in [3.05, 3.63) is 72.9 Å². The molecule has 0 fully saturated rings. The molecule has 1 atom stereocenters. The highest BCUT2D eigenvalue weighted by molar-refractivity contribution is 5.71. The first-order valence-corrected chi connectivity index (χ1v) is 33.4. The van der Waals surface area contributed by atoms with Crippen molar-refractivity contribution in [3.63, 3.8) is 0 Å². The van der Waals surface area contributed by atoms with Crippen molar-refractivity contribution < 1.29 is 28.6 Å². The van der Waals surface area contributed by atoms with Gasteiger partial charge >= 0.3 is 17.9 Å². The lowest BCUT2D eigenvalue weighted by atomic mass is 10.0. The molecule has 1 unspecified atom stereocenters. The molecule has 0 aliphatic rings. The van der Waals surface area contributed by atoms with E-state index in [1.807, 2.05) is 0 Å². The number of hydrogen-bond donors (Lipinski definition) is 0. The number of unbranched alkanes of at least 4 members (excludes halogenated alkanes) is 38. The molecule has 6 heteroatoms. The van der Waals surface area contributed by atoms with E-state index in [2.05, 4.69) is 93.7 Å². The molecule has 0 aromatic rings. The third kappa shape index (κ3) is 63.6. The molecule has 446 valence electrons. The van der Waals surface area contributed by atoms with Crippen molar-refractivity contribution in [3.8, 4) is 0 Å². The summed E-state index contributed by atoms with van der Waals surface area (Å²) in [6, 6.07) is 0. The lowest BCUT2D eigenvalue weighted by molar-refractivity contribution is -0.167. The molecule has 0 saturated carbocycles. The van der Waals surface area contributed by atoms with Crippen LogP contribution >= 0.6 is 0 Å². The van der Waals surface area contributed by atoms with Crippen LogP contribution in [0, 0.1) is 0 Å². The SMILES string of the molecule is CC/C=C\C/C=C\C/C=C\C/C=C\CCCCCCC(=O)OC(COC(=O)CCCCCCC/C=C\CCCC)COC(=O)CCCCCCCCCCCCCCCCCCCCC/C=C\CCCCCCCCCC. The predicted molar refractivity (Wildman–Crippen MR) is 335 cm³/mol. The summed E-state index contributed by atoms with van der Waals surface area (Å²) in [7, 11) is 0. The van der Waals surface area contributed by atoms with E-state index in [0.717, 1.165) is 103 Å². The predicted octanol–water partition coefficient (Wildman–Crippen LogP) is 22.9. The van der Waals surface area contributed by atoms with E-state index in [4.69, 9.17) is 14.2 Å². The molecule has 0 aliphatic heterocycles. The second-order valence-corrected chi connectivity index (χ2v) is 22.3. The molecular formula is C71H126O6. The maximum Gasteiger partial charge on any atom is 0.306 e. The van der Waals surface area contributed by atoms with Crippen molar-refractivity contribution in [2.75, 3.05) is 13.2 Å². The Morgan fingerprint density at radius 1 is 0.273 bits per heavy atom. The van der Waals surface area contributed by atoms with Gasteiger partial charge < -0.3 is 14.2 Å². The number of hydrogen-bond acceptors (Lipinski definition) is 6. The van der Waals surface area contributed by atoms with Crippen LogP contribution in [0.15, 0.2) is 72.9 Å². The van der Waals surface area contributed by atoms with E-state index >= 15 is 0 Å². The fourth-order valence-electron chi connectivity index (χ4n) is 9.65. The zero-order valence-electron chi connectivity index (χ0n) is 51.2. The molecule has 0 heterocycles. The van der Waals surface area contributed by atoms with Crippen LogP contribution in [0.2, 0.25) is 0 Å². The van der Waals surface area contributed by atoms with E-state index in [9.17, 15) is 14.4 Å². The molecule has 0 rings (SSSR count). The minimum atomic E-state index is -0.791. The van der Waals surface area contributed by atoms with Gasteiger partial charge in [0.05, 0.1) is 0 Å². The van der Waals surface area contributed by atoms with Crippen LogP contribution in [-0.4, -0.2) is 37.2 Å². The topological polar surface area (TPSA) is 78.9 Å². The van der Waals surface area contributed by atoms with E-state index < -0.39 is 6.10 Å². The highest BCUT2D eigenvalue weighted by Gasteiger charge is 2.19. The number of ether oxygens (including phenoxy) is 3. The zero-order valence-corrected chi connectivity index (χ0v) is 51.2. The Morgan fingerprint density at radius 3 is 0.844 bits per heavy atom. The maximum atomic E-state index is 12.9. The summed E-state index contributed by atoms with van der Waals surface area (Å²) in [5.41, 5.74) is 0. The average molecular weight is 1080 g/mol. The Balaban J connectivity index is 4.15. The Labute approximate surface area is 478 Å². The van der Waals surface area contributed by atoms with Crippen molar-refractivity contribution >= 4 is 17.9 Å². The summed E-state index contributed by atoms with van der Waals surface area (Å²) < 4.78 is 16.9. The van der Waals surface area contributed by atoms with Crippen LogP contribution in [0.25, 0.3) is 0 Å². The number of rotatable bonds is 61. The standard InChI is InChI=1S/C71H126O6/c1-4-7-10-13-16-19-22-24-26-28-29-30-31-32-33-34-35-36-37-38-39-40-41-43-44-46-49-52-55-58-61-64-70(73)76-67-68(66-75-69(72)63-60-57-54-51-48-21-18-15-12-9-6-3)77-71(74)65-62-59-56-53-50-47-45-42-27-25-23-20-17-14-11-8-5-2/h8,11,15,17-18,20,25,27-29,45,47,68H,4-7,9-10,12-14,16,19,21-24,26,30-44,46,48-67H2,1-3H3/b11-8-,18-15-,20-17-,27-25-,29-28-,47-45-. The summed E-state index contributed by atoms with van der Waals surface area (Å²) in [6.45, 7) is 6.50. The van der Waals surface area contributed by atoms with Gasteiger partial charge in [-0.15, -0.1) is 0 Å². The first kappa shape index (κ1) is 73.8. The molecule has 77 heavy (non-hydrogen) atoms. The molecular weight excluding hydrogens is 949 g/mol. The quantitative estimate of drug-likeness (QED) is 0.0261. The lowest BCUT2D eigenvalue weighted by Gasteiger charge is -2.18. The Morgan fingerprint density at radius 2 is 0.519 bits per heavy atom. The van der Waals surface area contributed by atoms with Crippen LogP contribution in [0.4, 0.5) is 0 Å². The lowest BCUT2D eigenvalue weighted by Crippen LogP contribution is -2.30. The van der Waals surface area contributed by atoms with Gasteiger partial charge in [0.2, 0.25) is 0 Å². The second kappa shape index (κ2) is 65.4. The minimum Gasteiger partial charge on any atom is -0.462 e. The van der Waals surface area contributed by atoms with Gasteiger partial charge in [-0.05, 0) is 103 Å². The van der Waals surface area contributed by atoms with Gasteiger partial charge in [-0.3, -0.25) is 14.4 Å². The fraction of sp³-hybridized carbons (Fsp3) is 0.789. The van der Waals surface area contributed by atoms with Gasteiger partial charge in [0.25, 0.3) is 0 Å². The molecule has 0 aromatic heterocycles. The van der Waals surface area contributed by atoms with Gasteiger partial charge in [0.15, 0.2) is 6.10 Å². The zero-order chi connectivity index (χ0) is 55.7. The minimum absolute atomic E-state index is 0.0856. The van der Waals surface area contributed by atoms with Crippen molar-refractivity contribution in [2.24, 2.45) is 0 Å². The summed E-state index contributed by atoms with van der Waals surface area (Å²) in [5.74, 6) is -0.906. The molecule has 0 spiro atoms. The summed E-state index contributed by atoms with van der Waals surface area (Å²) in [6.07, 6.45) is 85.1. The highest BCUT2D eigenvalue weighted by Crippen LogP contribution is 2.17. The van der Waals surface area contributed by atoms with Crippen LogP contribution < -0.4 is 0 Å². The van der Waals surface area contributed by atoms with Gasteiger partial charge in [-0.25, -0.2) is 0 Å². The Kier molecular flexibility index (Phi) is 62.7. The third-order valence-corrected chi connectivity index (χ3v) is 14.7. The molecule has 0 radical (unpaired) electrons. The molecule has 0 aromatic carbocycles. The van der Waals surface area contributed by atoms with Gasteiger partial charge in [-0.2, -0.15) is 0 Å². The molecule has 0 saturated heterocycles. The Bertz CT molecular complexity index is 1420. The highest BCUT2D eigenvalue weighted by atomic mass is 16.6. The summed E-state index contributed by atoms with van der Waals surface area (Å²) in [5, 5.41) is 0. The molecule has 0 bridgehead atoms. The molecule has 0 amide bonds. The first-order valence-electron chi connectivity index (χ1n) is 33.4. The normalized spacial score (nSPS) is 12.5. The second-order valence-electron chi connectivity index (χ2n) is 22.3. The van der Waals surface area contributed by atoms with Gasteiger partial charge in [-0.1, -0.05) is 293 Å². The monoisotopic (exact) mass is 1070 g/mol. The van der Waals surface area contributed by atoms with Crippen LogP contribution in [0.3, 0.4) is 0 Å². The van der Waals surface area contributed by atoms with Crippen molar-refractivity contribution in [2.45, 2.75) is 348 Å². The fourth-order valence-corrected chi connectivity index (χ4v) is 9.65. The van der Waals surface area contributed by atoms with Gasteiger partial charge in [0, 0.05) is 19.3 Å². The van der Waals surface area contributed by atoms with Gasteiger partial charge in [0.1, 0.15) is 13.2 Å². The van der Waals surface area contributed by atoms with E-state index in [0.29, 0.717) is 19.3 Å². The number of allylic oxidation sites excluding steroid dienone is 12. The van der Waals surface area contributed by atoms with Crippen LogP contribution in [0.5, 0.6) is 0 Å². The largest absolute Gasteiger partial charge is 0.462 e. The third-order valence-electron chi connectivity index (χ3n) is 14.7. The Hall–Kier alpha value is -3.15. The maximum absolute atomic E-state index is 12.9. The number of carbonyl (C=O) groups excluding carboxylic acids is 3. The molecule has 6 nitrogen and oxygen atoms in total. The molecule has 0 aliphatic carbocycles. The van der Waals surface area contributed by atoms with Crippen molar-refractivity contribution in [1.29, 1.82) is 0 Å². The average Bonchev–Trinajstić information content (AvgIpc) is 3.43.